The Balaban J connectivity index is 1.42. The van der Waals surface area contributed by atoms with Crippen LogP contribution in [0.4, 0.5) is 5.69 Å². The lowest BCUT2D eigenvalue weighted by molar-refractivity contribution is -0.134. The summed E-state index contributed by atoms with van der Waals surface area (Å²) in [7, 11) is -3.57. The summed E-state index contributed by atoms with van der Waals surface area (Å²) < 4.78 is 27.5. The number of nitrogens with one attached hydrogen (secondary N) is 2. The maximum atomic E-state index is 12.9. The highest BCUT2D eigenvalue weighted by Gasteiger charge is 2.29. The summed E-state index contributed by atoms with van der Waals surface area (Å²) in [4.78, 5) is 22.3. The van der Waals surface area contributed by atoms with Gasteiger partial charge in [-0.05, 0) is 48.4 Å². The SMILES string of the molecule is O=C(Cc1ccc(NS(=O)(=O)c2cccs2)cc1)N1CCCCC1c1ncc[nH]1. The van der Waals surface area contributed by atoms with Crippen molar-refractivity contribution in [3.8, 4) is 0 Å². The van der Waals surface area contributed by atoms with E-state index in [0.29, 0.717) is 5.69 Å². The van der Waals surface area contributed by atoms with Crippen LogP contribution in [-0.4, -0.2) is 35.7 Å². The highest BCUT2D eigenvalue weighted by Crippen LogP contribution is 2.29. The van der Waals surface area contributed by atoms with Crippen LogP contribution >= 0.6 is 11.3 Å². The second kappa shape index (κ2) is 8.38. The van der Waals surface area contributed by atoms with Crippen molar-refractivity contribution in [3.63, 3.8) is 0 Å². The Bertz CT molecular complexity index is 1050. The van der Waals surface area contributed by atoms with Crippen LogP contribution in [0, 0.1) is 0 Å². The highest BCUT2D eigenvalue weighted by atomic mass is 32.2. The number of aromatic amines is 1. The Kier molecular flexibility index (Phi) is 5.68. The minimum atomic E-state index is -3.57. The van der Waals surface area contributed by atoms with Gasteiger partial charge in [0.25, 0.3) is 10.0 Å². The lowest BCUT2D eigenvalue weighted by atomic mass is 10.00. The highest BCUT2D eigenvalue weighted by molar-refractivity contribution is 7.94. The second-order valence-corrected chi connectivity index (χ2v) is 9.84. The summed E-state index contributed by atoms with van der Waals surface area (Å²) in [6, 6.07) is 10.2. The summed E-state index contributed by atoms with van der Waals surface area (Å²) in [5.41, 5.74) is 1.32. The third-order valence-corrected chi connectivity index (χ3v) is 7.76. The number of hydrogen-bond acceptors (Lipinski definition) is 5. The molecule has 1 unspecified atom stereocenters. The Morgan fingerprint density at radius 2 is 2.07 bits per heavy atom. The first kappa shape index (κ1) is 19.7. The average molecular weight is 431 g/mol. The van der Waals surface area contributed by atoms with E-state index in [1.807, 2.05) is 4.90 Å². The van der Waals surface area contributed by atoms with Gasteiger partial charge in [-0.15, -0.1) is 11.3 Å². The lowest BCUT2D eigenvalue weighted by Gasteiger charge is -2.34. The van der Waals surface area contributed by atoms with E-state index >= 15 is 0 Å². The molecule has 7 nitrogen and oxygen atoms in total. The molecular formula is C20H22N4O3S2. The van der Waals surface area contributed by atoms with Gasteiger partial charge in [-0.1, -0.05) is 18.2 Å². The third kappa shape index (κ3) is 4.51. The fourth-order valence-electron chi connectivity index (χ4n) is 3.56. The Labute approximate surface area is 173 Å². The van der Waals surface area contributed by atoms with Crippen LogP contribution in [0.15, 0.2) is 58.4 Å². The van der Waals surface area contributed by atoms with Crippen molar-refractivity contribution in [2.75, 3.05) is 11.3 Å². The average Bonchev–Trinajstić information content (AvgIpc) is 3.44. The van der Waals surface area contributed by atoms with Crippen molar-refractivity contribution >= 4 is 33.0 Å². The van der Waals surface area contributed by atoms with Gasteiger partial charge in [0.05, 0.1) is 12.5 Å². The van der Waals surface area contributed by atoms with E-state index in [4.69, 9.17) is 0 Å². The van der Waals surface area contributed by atoms with Gasteiger partial charge in [0, 0.05) is 24.6 Å². The predicted octanol–water partition coefficient (Wildman–Crippen LogP) is 3.57. The third-order valence-electron chi connectivity index (χ3n) is 4.98. The number of aromatic nitrogens is 2. The van der Waals surface area contributed by atoms with E-state index < -0.39 is 10.0 Å². The van der Waals surface area contributed by atoms with Gasteiger partial charge in [0.1, 0.15) is 10.0 Å². The van der Waals surface area contributed by atoms with E-state index in [-0.39, 0.29) is 22.6 Å². The van der Waals surface area contributed by atoms with Crippen LogP contribution in [0.25, 0.3) is 0 Å². The van der Waals surface area contributed by atoms with Crippen LogP contribution in [-0.2, 0) is 21.2 Å². The number of piperidine rings is 1. The monoisotopic (exact) mass is 430 g/mol. The largest absolute Gasteiger partial charge is 0.347 e. The smallest absolute Gasteiger partial charge is 0.271 e. The molecule has 0 spiro atoms. The molecule has 1 atom stereocenters. The van der Waals surface area contributed by atoms with Gasteiger partial charge < -0.3 is 9.88 Å². The van der Waals surface area contributed by atoms with Gasteiger partial charge in [-0.25, -0.2) is 13.4 Å². The number of sulfonamides is 1. The Morgan fingerprint density at radius 3 is 2.76 bits per heavy atom. The fraction of sp³-hybridized carbons (Fsp3) is 0.300. The molecule has 1 aliphatic rings. The maximum absolute atomic E-state index is 12.9. The first-order valence-corrected chi connectivity index (χ1v) is 11.8. The number of H-pyrrole nitrogens is 1. The van der Waals surface area contributed by atoms with Crippen LogP contribution in [0.5, 0.6) is 0 Å². The molecular weight excluding hydrogens is 408 g/mol. The van der Waals surface area contributed by atoms with E-state index in [1.54, 1.807) is 54.2 Å². The maximum Gasteiger partial charge on any atom is 0.271 e. The molecule has 0 radical (unpaired) electrons. The number of likely N-dealkylation sites (tertiary alicyclic amines) is 1. The van der Waals surface area contributed by atoms with Crippen molar-refractivity contribution in [1.29, 1.82) is 0 Å². The van der Waals surface area contributed by atoms with Crippen LogP contribution in [0.2, 0.25) is 0 Å². The predicted molar refractivity (Wildman–Crippen MR) is 112 cm³/mol. The van der Waals surface area contributed by atoms with Gasteiger partial charge >= 0.3 is 0 Å². The Hall–Kier alpha value is -2.65. The minimum absolute atomic E-state index is 0.0110. The Morgan fingerprint density at radius 1 is 1.24 bits per heavy atom. The number of nitrogens with zero attached hydrogens (tertiary/aromatic N) is 2. The first-order chi connectivity index (χ1) is 14.0. The molecule has 1 aliphatic heterocycles. The molecule has 3 aromatic rings. The van der Waals surface area contributed by atoms with Crippen molar-refractivity contribution < 1.29 is 13.2 Å². The van der Waals surface area contributed by atoms with Gasteiger partial charge in [0.15, 0.2) is 0 Å². The first-order valence-electron chi connectivity index (χ1n) is 9.47. The number of imidazole rings is 1. The van der Waals surface area contributed by atoms with Crippen molar-refractivity contribution in [3.05, 3.63) is 65.6 Å². The van der Waals surface area contributed by atoms with Gasteiger partial charge in [-0.2, -0.15) is 0 Å². The van der Waals surface area contributed by atoms with Crippen molar-refractivity contribution in [1.82, 2.24) is 14.9 Å². The minimum Gasteiger partial charge on any atom is -0.347 e. The molecule has 1 amide bonds. The van der Waals surface area contributed by atoms with E-state index in [9.17, 15) is 13.2 Å². The molecule has 29 heavy (non-hydrogen) atoms. The number of carbonyl (C=O) groups excluding carboxylic acids is 1. The normalized spacial score (nSPS) is 17.2. The van der Waals surface area contributed by atoms with Gasteiger partial charge in [-0.3, -0.25) is 9.52 Å². The zero-order chi connectivity index (χ0) is 20.3. The number of anilines is 1. The molecule has 0 bridgehead atoms. The molecule has 2 N–H and O–H groups in total. The number of benzene rings is 1. The standard InChI is InChI=1S/C20H22N4O3S2/c25-18(24-12-2-1-4-17(24)20-21-10-11-22-20)14-15-6-8-16(9-7-15)23-29(26,27)19-5-3-13-28-19/h3,5-11,13,17,23H,1-2,4,12,14H2,(H,21,22). The van der Waals surface area contributed by atoms with E-state index in [2.05, 4.69) is 14.7 Å². The number of thiophene rings is 1. The number of hydrogen-bond donors (Lipinski definition) is 2. The summed E-state index contributed by atoms with van der Waals surface area (Å²) in [6.07, 6.45) is 6.74. The molecule has 152 valence electrons. The zero-order valence-electron chi connectivity index (χ0n) is 15.7. The summed E-state index contributed by atoms with van der Waals surface area (Å²) >= 11 is 1.17. The molecule has 2 aromatic heterocycles. The summed E-state index contributed by atoms with van der Waals surface area (Å²) in [5.74, 6) is 0.884. The van der Waals surface area contributed by atoms with Crippen molar-refractivity contribution in [2.45, 2.75) is 35.9 Å². The molecule has 9 heteroatoms. The van der Waals surface area contributed by atoms with Gasteiger partial charge in [0.2, 0.25) is 5.91 Å². The molecule has 0 saturated carbocycles. The van der Waals surface area contributed by atoms with Crippen molar-refractivity contribution in [2.24, 2.45) is 0 Å². The molecule has 1 saturated heterocycles. The molecule has 1 aromatic carbocycles. The quantitative estimate of drug-likeness (QED) is 0.625. The van der Waals surface area contributed by atoms with E-state index in [1.165, 1.54) is 11.3 Å². The molecule has 3 heterocycles. The number of rotatable bonds is 6. The zero-order valence-corrected chi connectivity index (χ0v) is 17.4. The lowest BCUT2D eigenvalue weighted by Crippen LogP contribution is -2.39. The van der Waals surface area contributed by atoms with Crippen LogP contribution < -0.4 is 4.72 Å². The van der Waals surface area contributed by atoms with Crippen LogP contribution in [0.1, 0.15) is 36.7 Å². The molecule has 0 aliphatic carbocycles. The van der Waals surface area contributed by atoms with E-state index in [0.717, 1.165) is 37.2 Å². The number of amides is 1. The molecule has 4 rings (SSSR count). The molecule has 1 fully saturated rings. The second-order valence-electron chi connectivity index (χ2n) is 6.98. The topological polar surface area (TPSA) is 95.2 Å². The van der Waals surface area contributed by atoms with Crippen LogP contribution in [0.3, 0.4) is 0 Å². The summed E-state index contributed by atoms with van der Waals surface area (Å²) in [5, 5.41) is 1.72. The number of carbonyl (C=O) groups is 1. The fourth-order valence-corrected chi connectivity index (χ4v) is 5.61. The summed E-state index contributed by atoms with van der Waals surface area (Å²) in [6.45, 7) is 0.725.